The molecule has 22 heavy (non-hydrogen) atoms. The predicted octanol–water partition coefficient (Wildman–Crippen LogP) is 2.08. The molecule has 0 aliphatic heterocycles. The maximum atomic E-state index is 12.2. The van der Waals surface area contributed by atoms with Crippen LogP contribution in [0.1, 0.15) is 5.56 Å². The van der Waals surface area contributed by atoms with Gasteiger partial charge < -0.3 is 4.74 Å². The number of rotatable bonds is 6. The minimum absolute atomic E-state index is 0.00649. The van der Waals surface area contributed by atoms with E-state index in [0.29, 0.717) is 0 Å². The lowest BCUT2D eigenvalue weighted by atomic mass is 10.2. The number of ether oxygens (including phenoxy) is 1. The molecule has 0 unspecified atom stereocenters. The van der Waals surface area contributed by atoms with E-state index in [-0.39, 0.29) is 17.2 Å². The van der Waals surface area contributed by atoms with Crippen LogP contribution in [0.2, 0.25) is 0 Å². The fourth-order valence-electron chi connectivity index (χ4n) is 1.84. The highest BCUT2D eigenvalue weighted by Gasteiger charge is 2.21. The molecule has 116 valence electrons. The fraction of sp³-hybridized carbons (Fsp3) is 0.143. The topological polar surface area (TPSA) is 98.5 Å². The zero-order valence-electron chi connectivity index (χ0n) is 11.7. The first-order valence-electron chi connectivity index (χ1n) is 6.30. The summed E-state index contributed by atoms with van der Waals surface area (Å²) < 4.78 is 31.7. The Balaban J connectivity index is 2.26. The standard InChI is InChI=1S/C14H14N2O5S/c1-21-14-8-7-12(9-13(14)16(17)18)22(19,20)15-10-11-5-3-2-4-6-11/h2-9,15H,10H2,1H3. The van der Waals surface area contributed by atoms with Gasteiger partial charge in [0, 0.05) is 12.6 Å². The second kappa shape index (κ2) is 6.54. The summed E-state index contributed by atoms with van der Waals surface area (Å²) >= 11 is 0. The van der Waals surface area contributed by atoms with Crippen LogP contribution in [0.4, 0.5) is 5.69 Å². The first-order chi connectivity index (χ1) is 10.4. The Bertz CT molecular complexity index is 775. The van der Waals surface area contributed by atoms with Gasteiger partial charge in [-0.3, -0.25) is 10.1 Å². The van der Waals surface area contributed by atoms with Crippen LogP contribution in [0.15, 0.2) is 53.4 Å². The van der Waals surface area contributed by atoms with E-state index in [1.807, 2.05) is 6.07 Å². The fourth-order valence-corrected chi connectivity index (χ4v) is 2.87. The number of nitro benzene ring substituents is 1. The first kappa shape index (κ1) is 15.9. The van der Waals surface area contributed by atoms with Crippen LogP contribution in [-0.4, -0.2) is 20.5 Å². The number of benzene rings is 2. The van der Waals surface area contributed by atoms with Crippen LogP contribution in [0, 0.1) is 10.1 Å². The molecule has 0 saturated carbocycles. The van der Waals surface area contributed by atoms with Gasteiger partial charge in [0.05, 0.1) is 16.9 Å². The molecule has 0 amide bonds. The van der Waals surface area contributed by atoms with Crippen LogP contribution in [0.5, 0.6) is 5.75 Å². The minimum Gasteiger partial charge on any atom is -0.490 e. The van der Waals surface area contributed by atoms with Crippen molar-refractivity contribution >= 4 is 15.7 Å². The Kier molecular flexibility index (Phi) is 4.74. The second-order valence-electron chi connectivity index (χ2n) is 4.40. The maximum Gasteiger partial charge on any atom is 0.312 e. The second-order valence-corrected chi connectivity index (χ2v) is 6.17. The number of methoxy groups -OCH3 is 1. The molecule has 0 atom stereocenters. The summed E-state index contributed by atoms with van der Waals surface area (Å²) in [6, 6.07) is 12.5. The largest absolute Gasteiger partial charge is 0.490 e. The zero-order chi connectivity index (χ0) is 16.2. The van der Waals surface area contributed by atoms with E-state index in [9.17, 15) is 18.5 Å². The first-order valence-corrected chi connectivity index (χ1v) is 7.78. The van der Waals surface area contributed by atoms with E-state index in [1.54, 1.807) is 24.3 Å². The summed E-state index contributed by atoms with van der Waals surface area (Å²) in [6.45, 7) is 0.100. The lowest BCUT2D eigenvalue weighted by molar-refractivity contribution is -0.386. The molecule has 2 rings (SSSR count). The van der Waals surface area contributed by atoms with Crippen molar-refractivity contribution in [2.75, 3.05) is 7.11 Å². The van der Waals surface area contributed by atoms with Crippen molar-refractivity contribution in [3.05, 3.63) is 64.2 Å². The van der Waals surface area contributed by atoms with Crippen LogP contribution in [0.25, 0.3) is 0 Å². The third kappa shape index (κ3) is 3.60. The molecule has 0 aliphatic carbocycles. The van der Waals surface area contributed by atoms with Crippen LogP contribution in [-0.2, 0) is 16.6 Å². The molecule has 0 fully saturated rings. The number of nitrogens with one attached hydrogen (secondary N) is 1. The van der Waals surface area contributed by atoms with Gasteiger partial charge in [-0.05, 0) is 17.7 Å². The molecule has 1 N–H and O–H groups in total. The highest BCUT2D eigenvalue weighted by molar-refractivity contribution is 7.89. The van der Waals surface area contributed by atoms with Gasteiger partial charge in [-0.1, -0.05) is 30.3 Å². The van der Waals surface area contributed by atoms with Gasteiger partial charge >= 0.3 is 5.69 Å². The van der Waals surface area contributed by atoms with Crippen molar-refractivity contribution in [3.8, 4) is 5.75 Å². The van der Waals surface area contributed by atoms with Crippen LogP contribution >= 0.6 is 0 Å². The quantitative estimate of drug-likeness (QED) is 0.648. The molecule has 0 bridgehead atoms. The molecule has 0 aromatic heterocycles. The number of sulfonamides is 1. The summed E-state index contributed by atoms with van der Waals surface area (Å²) in [5, 5.41) is 10.9. The number of nitrogens with zero attached hydrogens (tertiary/aromatic N) is 1. The van der Waals surface area contributed by atoms with Gasteiger partial charge in [0.2, 0.25) is 10.0 Å². The average Bonchev–Trinajstić information content (AvgIpc) is 2.53. The molecular weight excluding hydrogens is 308 g/mol. The Morgan fingerprint density at radius 2 is 1.86 bits per heavy atom. The molecule has 0 spiro atoms. The molecule has 0 radical (unpaired) electrons. The third-order valence-electron chi connectivity index (χ3n) is 2.97. The smallest absolute Gasteiger partial charge is 0.312 e. The summed E-state index contributed by atoms with van der Waals surface area (Å²) in [5.74, 6) is 0.00649. The average molecular weight is 322 g/mol. The minimum atomic E-state index is -3.85. The van der Waals surface area contributed by atoms with Gasteiger partial charge in [0.15, 0.2) is 5.75 Å². The Morgan fingerprint density at radius 1 is 1.18 bits per heavy atom. The van der Waals surface area contributed by atoms with E-state index in [0.717, 1.165) is 11.6 Å². The summed E-state index contributed by atoms with van der Waals surface area (Å²) in [4.78, 5) is 10.1. The number of hydrogen-bond acceptors (Lipinski definition) is 5. The lowest BCUT2D eigenvalue weighted by Gasteiger charge is -2.08. The molecule has 8 heteroatoms. The van der Waals surface area contributed by atoms with E-state index in [4.69, 9.17) is 4.74 Å². The summed E-state index contributed by atoms with van der Waals surface area (Å²) in [6.07, 6.45) is 0. The molecule has 0 aliphatic rings. The van der Waals surface area contributed by atoms with Crippen molar-refractivity contribution in [1.29, 1.82) is 0 Å². The summed E-state index contributed by atoms with van der Waals surface area (Å²) in [7, 11) is -2.57. The number of hydrogen-bond donors (Lipinski definition) is 1. The van der Waals surface area contributed by atoms with Gasteiger partial charge in [0.25, 0.3) is 0 Å². The molecule has 2 aromatic rings. The molecule has 2 aromatic carbocycles. The van der Waals surface area contributed by atoms with Crippen molar-refractivity contribution in [3.63, 3.8) is 0 Å². The molecule has 7 nitrogen and oxygen atoms in total. The molecule has 0 heterocycles. The monoisotopic (exact) mass is 322 g/mol. The predicted molar refractivity (Wildman–Crippen MR) is 80.1 cm³/mol. The van der Waals surface area contributed by atoms with E-state index < -0.39 is 20.6 Å². The van der Waals surface area contributed by atoms with Gasteiger partial charge in [-0.2, -0.15) is 0 Å². The van der Waals surface area contributed by atoms with E-state index >= 15 is 0 Å². The lowest BCUT2D eigenvalue weighted by Crippen LogP contribution is -2.23. The van der Waals surface area contributed by atoms with Crippen molar-refractivity contribution in [2.45, 2.75) is 11.4 Å². The van der Waals surface area contributed by atoms with Gasteiger partial charge in [-0.15, -0.1) is 0 Å². The Morgan fingerprint density at radius 3 is 2.45 bits per heavy atom. The van der Waals surface area contributed by atoms with Crippen molar-refractivity contribution in [2.24, 2.45) is 0 Å². The molecular formula is C14H14N2O5S. The van der Waals surface area contributed by atoms with Gasteiger partial charge in [0.1, 0.15) is 0 Å². The zero-order valence-corrected chi connectivity index (χ0v) is 12.5. The Labute approximate surface area is 127 Å². The van der Waals surface area contributed by atoms with Crippen molar-refractivity contribution < 1.29 is 18.1 Å². The normalized spacial score (nSPS) is 11.1. The Hall–Kier alpha value is -2.45. The number of nitro groups is 1. The van der Waals surface area contributed by atoms with E-state index in [2.05, 4.69) is 4.72 Å². The maximum absolute atomic E-state index is 12.2. The third-order valence-corrected chi connectivity index (χ3v) is 4.37. The van der Waals surface area contributed by atoms with Crippen molar-refractivity contribution in [1.82, 2.24) is 4.72 Å². The van der Waals surface area contributed by atoms with Gasteiger partial charge in [-0.25, -0.2) is 13.1 Å². The summed E-state index contributed by atoms with van der Waals surface area (Å²) in [5.41, 5.74) is 0.388. The highest BCUT2D eigenvalue weighted by atomic mass is 32.2. The SMILES string of the molecule is COc1ccc(S(=O)(=O)NCc2ccccc2)cc1[N+](=O)[O-]. The molecule has 0 saturated heterocycles. The van der Waals surface area contributed by atoms with Crippen LogP contribution in [0.3, 0.4) is 0 Å². The highest BCUT2D eigenvalue weighted by Crippen LogP contribution is 2.29. The van der Waals surface area contributed by atoms with Crippen LogP contribution < -0.4 is 9.46 Å². The van der Waals surface area contributed by atoms with E-state index in [1.165, 1.54) is 19.2 Å².